The summed E-state index contributed by atoms with van der Waals surface area (Å²) in [6.45, 7) is 0.155. The molecule has 0 saturated heterocycles. The van der Waals surface area contributed by atoms with Crippen LogP contribution in [0.5, 0.6) is 0 Å². The van der Waals surface area contributed by atoms with Crippen LogP contribution in [0.4, 0.5) is 13.2 Å². The molecule has 2 saturated carbocycles. The lowest BCUT2D eigenvalue weighted by molar-refractivity contribution is -0.174. The third-order valence-corrected chi connectivity index (χ3v) is 4.27. The molecule has 0 aromatic rings. The summed E-state index contributed by atoms with van der Waals surface area (Å²) in [5.74, 6) is 0. The van der Waals surface area contributed by atoms with E-state index in [0.29, 0.717) is 11.5 Å². The summed E-state index contributed by atoms with van der Waals surface area (Å²) in [6, 6.07) is 0.707. The van der Waals surface area contributed by atoms with Gasteiger partial charge in [-0.25, -0.2) is 0 Å². The summed E-state index contributed by atoms with van der Waals surface area (Å²) < 4.78 is 40.5. The van der Waals surface area contributed by atoms with Crippen molar-refractivity contribution in [3.63, 3.8) is 0 Å². The molecule has 2 aliphatic rings. The summed E-state index contributed by atoms with van der Waals surface area (Å²) in [4.78, 5) is 0. The van der Waals surface area contributed by atoms with E-state index in [1.54, 1.807) is 0 Å². The van der Waals surface area contributed by atoms with Crippen molar-refractivity contribution in [1.82, 2.24) is 5.32 Å². The molecule has 19 heavy (non-hydrogen) atoms. The molecule has 0 aromatic heterocycles. The average Bonchev–Trinajstić information content (AvgIpc) is 3.05. The second-order valence-electron chi connectivity index (χ2n) is 6.13. The van der Waals surface area contributed by atoms with Crippen LogP contribution in [0, 0.1) is 5.41 Å². The van der Waals surface area contributed by atoms with Crippen molar-refractivity contribution in [3.05, 3.63) is 0 Å². The van der Waals surface area contributed by atoms with Gasteiger partial charge in [-0.15, -0.1) is 0 Å². The van der Waals surface area contributed by atoms with Gasteiger partial charge in [-0.3, -0.25) is 0 Å². The Hall–Kier alpha value is -0.290. The summed E-state index contributed by atoms with van der Waals surface area (Å²) in [5, 5.41) is 3.58. The van der Waals surface area contributed by atoms with Crippen LogP contribution in [0.25, 0.3) is 0 Å². The molecule has 2 rings (SSSR count). The first-order valence-corrected chi connectivity index (χ1v) is 7.37. The van der Waals surface area contributed by atoms with Gasteiger partial charge < -0.3 is 10.1 Å². The van der Waals surface area contributed by atoms with Gasteiger partial charge in [0.2, 0.25) is 0 Å². The first kappa shape index (κ1) is 15.1. The van der Waals surface area contributed by atoms with Gasteiger partial charge in [0.25, 0.3) is 0 Å². The quantitative estimate of drug-likeness (QED) is 0.685. The van der Waals surface area contributed by atoms with Gasteiger partial charge in [-0.1, -0.05) is 12.8 Å². The third kappa shape index (κ3) is 5.69. The first-order chi connectivity index (χ1) is 8.99. The molecule has 0 heterocycles. The molecule has 1 N–H and O–H groups in total. The lowest BCUT2D eigenvalue weighted by atomic mass is 9.81. The zero-order valence-corrected chi connectivity index (χ0v) is 11.4. The largest absolute Gasteiger partial charge is 0.411 e. The molecule has 2 fully saturated rings. The number of alkyl halides is 3. The van der Waals surface area contributed by atoms with E-state index < -0.39 is 12.8 Å². The van der Waals surface area contributed by atoms with Crippen LogP contribution in [0.2, 0.25) is 0 Å². The molecular formula is C14H24F3NO. The number of rotatable bonds is 8. The van der Waals surface area contributed by atoms with E-state index in [0.717, 1.165) is 19.4 Å². The maximum Gasteiger partial charge on any atom is 0.411 e. The van der Waals surface area contributed by atoms with Gasteiger partial charge in [0.05, 0.1) is 0 Å². The van der Waals surface area contributed by atoms with Crippen molar-refractivity contribution in [2.45, 2.75) is 63.6 Å². The lowest BCUT2D eigenvalue weighted by Crippen LogP contribution is -2.33. The van der Waals surface area contributed by atoms with Crippen LogP contribution in [-0.4, -0.2) is 32.0 Å². The molecule has 2 nitrogen and oxygen atoms in total. The van der Waals surface area contributed by atoms with Crippen molar-refractivity contribution >= 4 is 0 Å². The van der Waals surface area contributed by atoms with Gasteiger partial charge in [-0.05, 0) is 43.9 Å². The summed E-state index contributed by atoms with van der Waals surface area (Å²) in [7, 11) is 0. The van der Waals surface area contributed by atoms with Gasteiger partial charge in [0.1, 0.15) is 6.61 Å². The normalized spacial score (nSPS) is 22.9. The minimum atomic E-state index is -4.20. The average molecular weight is 279 g/mol. The van der Waals surface area contributed by atoms with Crippen molar-refractivity contribution in [3.8, 4) is 0 Å². The molecule has 5 heteroatoms. The van der Waals surface area contributed by atoms with E-state index in [1.807, 2.05) is 0 Å². The number of halogens is 3. The van der Waals surface area contributed by atoms with E-state index in [4.69, 9.17) is 4.74 Å². The van der Waals surface area contributed by atoms with Crippen LogP contribution >= 0.6 is 0 Å². The maximum atomic E-state index is 11.9. The second-order valence-corrected chi connectivity index (χ2v) is 6.13. The predicted molar refractivity (Wildman–Crippen MR) is 68.0 cm³/mol. The summed E-state index contributed by atoms with van der Waals surface area (Å²) >= 11 is 0. The zero-order chi connectivity index (χ0) is 13.8. The lowest BCUT2D eigenvalue weighted by Gasteiger charge is -2.29. The molecule has 0 bridgehead atoms. The van der Waals surface area contributed by atoms with E-state index in [1.165, 1.54) is 38.5 Å². The summed E-state index contributed by atoms with van der Waals surface area (Å²) in [5.41, 5.74) is 0.324. The first-order valence-electron chi connectivity index (χ1n) is 7.37. The predicted octanol–water partition coefficient (Wildman–Crippen LogP) is 3.66. The molecule has 0 atom stereocenters. The van der Waals surface area contributed by atoms with Crippen LogP contribution in [-0.2, 0) is 4.74 Å². The highest BCUT2D eigenvalue weighted by atomic mass is 19.4. The van der Waals surface area contributed by atoms with Gasteiger partial charge in [0, 0.05) is 19.2 Å². The van der Waals surface area contributed by atoms with E-state index >= 15 is 0 Å². The molecule has 0 aliphatic heterocycles. The van der Waals surface area contributed by atoms with E-state index in [2.05, 4.69) is 5.32 Å². The SMILES string of the molecule is FC(F)(F)COCCCC1(CNC2CC2)CCCC1. The van der Waals surface area contributed by atoms with Gasteiger partial charge in [0.15, 0.2) is 0 Å². The van der Waals surface area contributed by atoms with Crippen LogP contribution in [0.15, 0.2) is 0 Å². The number of ether oxygens (including phenoxy) is 1. The monoisotopic (exact) mass is 279 g/mol. The Kier molecular flexibility index (Phi) is 5.12. The van der Waals surface area contributed by atoms with E-state index in [9.17, 15) is 13.2 Å². The Morgan fingerprint density at radius 1 is 1.16 bits per heavy atom. The molecule has 2 aliphatic carbocycles. The van der Waals surface area contributed by atoms with Crippen molar-refractivity contribution < 1.29 is 17.9 Å². The topological polar surface area (TPSA) is 21.3 Å². The van der Waals surface area contributed by atoms with Gasteiger partial charge >= 0.3 is 6.18 Å². The van der Waals surface area contributed by atoms with Crippen molar-refractivity contribution in [1.29, 1.82) is 0 Å². The number of hydrogen-bond donors (Lipinski definition) is 1. The molecule has 0 radical (unpaired) electrons. The zero-order valence-electron chi connectivity index (χ0n) is 11.4. The number of nitrogens with one attached hydrogen (secondary N) is 1. The summed E-state index contributed by atoms with van der Waals surface area (Å²) in [6.07, 6.45) is 5.05. The van der Waals surface area contributed by atoms with Gasteiger partial charge in [-0.2, -0.15) is 13.2 Å². The fourth-order valence-corrected chi connectivity index (χ4v) is 3.03. The molecule has 0 spiro atoms. The molecule has 0 aromatic carbocycles. The van der Waals surface area contributed by atoms with Crippen LogP contribution in [0.3, 0.4) is 0 Å². The highest BCUT2D eigenvalue weighted by molar-refractivity contribution is 4.90. The standard InChI is InChI=1S/C14H24F3NO/c15-14(16,17)11-19-9-3-8-13(6-1-2-7-13)10-18-12-4-5-12/h12,18H,1-11H2. The Labute approximate surface area is 113 Å². The third-order valence-electron chi connectivity index (χ3n) is 4.27. The van der Waals surface area contributed by atoms with Crippen molar-refractivity contribution in [2.75, 3.05) is 19.8 Å². The van der Waals surface area contributed by atoms with Crippen molar-refractivity contribution in [2.24, 2.45) is 5.41 Å². The molecule has 0 unspecified atom stereocenters. The fraction of sp³-hybridized carbons (Fsp3) is 1.00. The Balaban J connectivity index is 1.62. The Morgan fingerprint density at radius 3 is 2.42 bits per heavy atom. The fourth-order valence-electron chi connectivity index (χ4n) is 3.03. The van der Waals surface area contributed by atoms with Crippen LogP contribution in [0.1, 0.15) is 51.4 Å². The Bertz CT molecular complexity index is 270. The second kappa shape index (κ2) is 6.44. The minimum Gasteiger partial charge on any atom is -0.372 e. The molecule has 0 amide bonds. The smallest absolute Gasteiger partial charge is 0.372 e. The molecule has 112 valence electrons. The highest BCUT2D eigenvalue weighted by Crippen LogP contribution is 2.42. The van der Waals surface area contributed by atoms with E-state index in [-0.39, 0.29) is 6.61 Å². The maximum absolute atomic E-state index is 11.9. The highest BCUT2D eigenvalue weighted by Gasteiger charge is 2.35. The van der Waals surface area contributed by atoms with Crippen LogP contribution < -0.4 is 5.32 Å². The minimum absolute atomic E-state index is 0.227. The Morgan fingerprint density at radius 2 is 1.84 bits per heavy atom. The number of hydrogen-bond acceptors (Lipinski definition) is 2. The molecular weight excluding hydrogens is 255 g/mol.